The number of piperidine rings is 2. The van der Waals surface area contributed by atoms with Gasteiger partial charge in [0.1, 0.15) is 6.04 Å². The summed E-state index contributed by atoms with van der Waals surface area (Å²) < 4.78 is 33.4. The highest BCUT2D eigenvalue weighted by Crippen LogP contribution is 2.27. The highest BCUT2D eigenvalue weighted by molar-refractivity contribution is 7.86. The van der Waals surface area contributed by atoms with Crippen LogP contribution in [-0.4, -0.2) is 67.0 Å². The number of hydrogen-bond acceptors (Lipinski definition) is 4. The first-order valence-corrected chi connectivity index (χ1v) is 8.80. The molecular weight excluding hydrogens is 296 g/mol. The third-order valence-electron chi connectivity index (χ3n) is 4.52. The molecule has 8 heteroatoms. The second-order valence-corrected chi connectivity index (χ2v) is 7.75. The molecular formula is C13H24N2O5S. The Morgan fingerprint density at radius 1 is 1.24 bits per heavy atom. The molecule has 3 atom stereocenters. The van der Waals surface area contributed by atoms with Gasteiger partial charge in [-0.1, -0.05) is 6.92 Å². The fourth-order valence-corrected chi connectivity index (χ4v) is 4.94. The molecule has 0 spiro atoms. The van der Waals surface area contributed by atoms with Crippen molar-refractivity contribution in [2.75, 3.05) is 26.7 Å². The van der Waals surface area contributed by atoms with E-state index in [-0.39, 0.29) is 12.6 Å². The molecule has 2 aliphatic heterocycles. The van der Waals surface area contributed by atoms with Crippen molar-refractivity contribution in [2.24, 2.45) is 5.92 Å². The fraction of sp³-hybridized carbons (Fsp3) is 0.923. The Morgan fingerprint density at radius 3 is 2.57 bits per heavy atom. The first-order valence-electron chi connectivity index (χ1n) is 7.40. The summed E-state index contributed by atoms with van der Waals surface area (Å²) in [4.78, 5) is 11.3. The monoisotopic (exact) mass is 320 g/mol. The van der Waals surface area contributed by atoms with E-state index >= 15 is 0 Å². The molecule has 2 saturated heterocycles. The van der Waals surface area contributed by atoms with Crippen molar-refractivity contribution >= 4 is 16.2 Å². The Morgan fingerprint density at radius 2 is 1.95 bits per heavy atom. The predicted molar refractivity (Wildman–Crippen MR) is 77.1 cm³/mol. The van der Waals surface area contributed by atoms with Crippen LogP contribution in [0.4, 0.5) is 0 Å². The van der Waals surface area contributed by atoms with Gasteiger partial charge in [0.05, 0.1) is 6.10 Å². The molecule has 3 unspecified atom stereocenters. The van der Waals surface area contributed by atoms with Gasteiger partial charge in [-0.25, -0.2) is 0 Å². The third-order valence-corrected chi connectivity index (χ3v) is 6.53. The van der Waals surface area contributed by atoms with E-state index in [1.165, 1.54) is 4.31 Å². The van der Waals surface area contributed by atoms with E-state index in [0.29, 0.717) is 31.8 Å². The van der Waals surface area contributed by atoms with Crippen molar-refractivity contribution in [3.05, 3.63) is 0 Å². The summed E-state index contributed by atoms with van der Waals surface area (Å²) in [6.07, 6.45) is 2.43. The van der Waals surface area contributed by atoms with E-state index in [9.17, 15) is 18.3 Å². The maximum absolute atomic E-state index is 12.8. The number of carboxylic acids is 1. The molecule has 0 radical (unpaired) electrons. The summed E-state index contributed by atoms with van der Waals surface area (Å²) in [6, 6.07) is -0.941. The van der Waals surface area contributed by atoms with Crippen molar-refractivity contribution in [1.82, 2.24) is 8.61 Å². The molecule has 2 aliphatic rings. The second kappa shape index (κ2) is 6.60. The second-order valence-electron chi connectivity index (χ2n) is 5.87. The molecule has 7 nitrogen and oxygen atoms in total. The number of carboxylic acid groups (broad SMARTS) is 1. The molecule has 0 amide bonds. The van der Waals surface area contributed by atoms with Gasteiger partial charge in [-0.3, -0.25) is 4.79 Å². The Bertz CT molecular complexity index is 481. The molecule has 2 heterocycles. The maximum atomic E-state index is 12.8. The maximum Gasteiger partial charge on any atom is 0.322 e. The summed E-state index contributed by atoms with van der Waals surface area (Å²) in [7, 11) is -2.16. The van der Waals surface area contributed by atoms with Crippen molar-refractivity contribution in [3.63, 3.8) is 0 Å². The standard InChI is InChI=1S/C13H24N2O5S/c1-10-6-8-14(9-12(10)20-2)21(18,19)15-7-4-3-5-11(15)13(16)17/h10-12H,3-9H2,1-2H3,(H,16,17). The molecule has 0 aliphatic carbocycles. The topological polar surface area (TPSA) is 87.2 Å². The van der Waals surface area contributed by atoms with Crippen LogP contribution < -0.4 is 0 Å². The van der Waals surface area contributed by atoms with Crippen LogP contribution in [0.1, 0.15) is 32.6 Å². The molecule has 1 N–H and O–H groups in total. The van der Waals surface area contributed by atoms with Crippen molar-refractivity contribution in [1.29, 1.82) is 0 Å². The van der Waals surface area contributed by atoms with Gasteiger partial charge >= 0.3 is 5.97 Å². The van der Waals surface area contributed by atoms with Gasteiger partial charge in [0, 0.05) is 26.7 Å². The van der Waals surface area contributed by atoms with Gasteiger partial charge in [0.25, 0.3) is 10.2 Å². The minimum atomic E-state index is -3.74. The minimum absolute atomic E-state index is 0.137. The summed E-state index contributed by atoms with van der Waals surface area (Å²) >= 11 is 0. The van der Waals surface area contributed by atoms with Crippen LogP contribution >= 0.6 is 0 Å². The predicted octanol–water partition coefficient (Wildman–Crippen LogP) is 0.527. The lowest BCUT2D eigenvalue weighted by Crippen LogP contribution is -2.56. The SMILES string of the molecule is COC1CN(S(=O)(=O)N2CCCCC2C(=O)O)CCC1C. The average Bonchev–Trinajstić information content (AvgIpc) is 2.47. The van der Waals surface area contributed by atoms with Gasteiger partial charge in [-0.05, 0) is 31.6 Å². The number of ether oxygens (including phenoxy) is 1. The first-order chi connectivity index (χ1) is 9.87. The largest absolute Gasteiger partial charge is 0.480 e. The zero-order valence-electron chi connectivity index (χ0n) is 12.6. The van der Waals surface area contributed by atoms with Crippen molar-refractivity contribution in [2.45, 2.75) is 44.8 Å². The lowest BCUT2D eigenvalue weighted by Gasteiger charge is -2.40. The molecule has 0 aromatic heterocycles. The van der Waals surface area contributed by atoms with Crippen LogP contribution in [-0.2, 0) is 19.7 Å². The van der Waals surface area contributed by atoms with Gasteiger partial charge in [-0.15, -0.1) is 0 Å². The van der Waals surface area contributed by atoms with E-state index in [2.05, 4.69) is 0 Å². The van der Waals surface area contributed by atoms with E-state index < -0.39 is 22.2 Å². The van der Waals surface area contributed by atoms with Crippen LogP contribution in [0, 0.1) is 5.92 Å². The molecule has 0 saturated carbocycles. The van der Waals surface area contributed by atoms with E-state index in [0.717, 1.165) is 17.1 Å². The highest BCUT2D eigenvalue weighted by atomic mass is 32.2. The number of hydrogen-bond donors (Lipinski definition) is 1. The van der Waals surface area contributed by atoms with Crippen LogP contribution in [0.15, 0.2) is 0 Å². The van der Waals surface area contributed by atoms with E-state index in [1.54, 1.807) is 7.11 Å². The zero-order chi connectivity index (χ0) is 15.6. The lowest BCUT2D eigenvalue weighted by molar-refractivity contribution is -0.142. The van der Waals surface area contributed by atoms with Crippen molar-refractivity contribution in [3.8, 4) is 0 Å². The van der Waals surface area contributed by atoms with Crippen LogP contribution in [0.25, 0.3) is 0 Å². The minimum Gasteiger partial charge on any atom is -0.480 e. The summed E-state index contributed by atoms with van der Waals surface area (Å²) in [5, 5.41) is 9.26. The van der Waals surface area contributed by atoms with Gasteiger partial charge < -0.3 is 9.84 Å². The fourth-order valence-electron chi connectivity index (χ4n) is 3.10. The first kappa shape index (κ1) is 16.7. The average molecular weight is 320 g/mol. The molecule has 2 rings (SSSR count). The van der Waals surface area contributed by atoms with E-state index in [4.69, 9.17) is 4.74 Å². The normalized spacial score (nSPS) is 33.0. The van der Waals surface area contributed by atoms with Crippen LogP contribution in [0.2, 0.25) is 0 Å². The summed E-state index contributed by atoms with van der Waals surface area (Å²) in [5.41, 5.74) is 0. The van der Waals surface area contributed by atoms with Crippen molar-refractivity contribution < 1.29 is 23.1 Å². The quantitative estimate of drug-likeness (QED) is 0.816. The van der Waals surface area contributed by atoms with Crippen LogP contribution in [0.5, 0.6) is 0 Å². The molecule has 2 fully saturated rings. The van der Waals surface area contributed by atoms with Gasteiger partial charge in [-0.2, -0.15) is 17.0 Å². The molecule has 122 valence electrons. The Kier molecular flexibility index (Phi) is 5.24. The number of methoxy groups -OCH3 is 1. The molecule has 21 heavy (non-hydrogen) atoms. The number of carbonyl (C=O) groups is 1. The number of aliphatic carboxylic acids is 1. The molecule has 0 bridgehead atoms. The van der Waals surface area contributed by atoms with Gasteiger partial charge in [0.15, 0.2) is 0 Å². The lowest BCUT2D eigenvalue weighted by atomic mass is 9.97. The third kappa shape index (κ3) is 3.39. The van der Waals surface area contributed by atoms with Crippen LogP contribution in [0.3, 0.4) is 0 Å². The highest BCUT2D eigenvalue weighted by Gasteiger charge is 2.42. The Labute approximate surface area is 126 Å². The summed E-state index contributed by atoms with van der Waals surface area (Å²) in [5.74, 6) is -0.759. The number of rotatable bonds is 4. The summed E-state index contributed by atoms with van der Waals surface area (Å²) in [6.45, 7) is 3.04. The smallest absolute Gasteiger partial charge is 0.322 e. The Hall–Kier alpha value is -0.700. The Balaban J connectivity index is 2.18. The van der Waals surface area contributed by atoms with Gasteiger partial charge in [0.2, 0.25) is 0 Å². The zero-order valence-corrected chi connectivity index (χ0v) is 13.4. The van der Waals surface area contributed by atoms with E-state index in [1.807, 2.05) is 6.92 Å². The molecule has 0 aromatic rings. The number of nitrogens with zero attached hydrogens (tertiary/aromatic N) is 2. The molecule has 0 aromatic carbocycles.